The molecule has 2 aromatic heterocycles. The van der Waals surface area contributed by atoms with E-state index in [1.54, 1.807) is 18.0 Å². The number of carbonyl (C=O) groups is 1. The highest BCUT2D eigenvalue weighted by atomic mass is 32.2. The first-order chi connectivity index (χ1) is 13.1. The lowest BCUT2D eigenvalue weighted by atomic mass is 10.1. The molecule has 0 aliphatic carbocycles. The smallest absolute Gasteiger partial charge is 0.259 e. The summed E-state index contributed by atoms with van der Waals surface area (Å²) in [5.41, 5.74) is 9.90. The summed E-state index contributed by atoms with van der Waals surface area (Å²) in [6.45, 7) is 3.11. The Morgan fingerprint density at radius 3 is 2.96 bits per heavy atom. The van der Waals surface area contributed by atoms with Crippen LogP contribution in [0, 0.1) is 6.92 Å². The summed E-state index contributed by atoms with van der Waals surface area (Å²) >= 11 is 1.59. The normalized spacial score (nSPS) is 13.0. The van der Waals surface area contributed by atoms with Gasteiger partial charge in [0, 0.05) is 43.1 Å². The van der Waals surface area contributed by atoms with Gasteiger partial charge in [-0.15, -0.1) is 0 Å². The predicted molar refractivity (Wildman–Crippen MR) is 105 cm³/mol. The fourth-order valence-electron chi connectivity index (χ4n) is 3.37. The molecule has 1 aromatic carbocycles. The van der Waals surface area contributed by atoms with Crippen LogP contribution < -0.4 is 11.1 Å². The maximum Gasteiger partial charge on any atom is 0.259 e. The Bertz CT molecular complexity index is 1010. The SMILES string of the molecule is Cc1cc(Sc2nccn2C)ccc1NC(=O)c1c(CN)nn2c1CCC2. The van der Waals surface area contributed by atoms with Crippen LogP contribution in [0.5, 0.6) is 0 Å². The van der Waals surface area contributed by atoms with Crippen LogP contribution in [-0.2, 0) is 26.6 Å². The van der Waals surface area contributed by atoms with E-state index in [1.807, 2.05) is 41.5 Å². The summed E-state index contributed by atoms with van der Waals surface area (Å²) in [5, 5.41) is 8.44. The average molecular weight is 382 g/mol. The number of aryl methyl sites for hydroxylation is 3. The predicted octanol–water partition coefficient (Wildman–Crippen LogP) is 2.73. The van der Waals surface area contributed by atoms with E-state index in [-0.39, 0.29) is 12.5 Å². The number of imidazole rings is 1. The molecule has 0 spiro atoms. The molecule has 1 aliphatic rings. The van der Waals surface area contributed by atoms with Gasteiger partial charge in [-0.2, -0.15) is 5.10 Å². The van der Waals surface area contributed by atoms with Gasteiger partial charge >= 0.3 is 0 Å². The van der Waals surface area contributed by atoms with Gasteiger partial charge in [0.05, 0.1) is 17.0 Å². The van der Waals surface area contributed by atoms with Crippen molar-refractivity contribution in [2.24, 2.45) is 12.8 Å². The summed E-state index contributed by atoms with van der Waals surface area (Å²) < 4.78 is 3.89. The molecule has 0 unspecified atom stereocenters. The summed E-state index contributed by atoms with van der Waals surface area (Å²) in [5.74, 6) is -0.133. The molecule has 0 atom stereocenters. The number of nitrogens with one attached hydrogen (secondary N) is 1. The quantitative estimate of drug-likeness (QED) is 0.708. The van der Waals surface area contributed by atoms with E-state index >= 15 is 0 Å². The van der Waals surface area contributed by atoms with Gasteiger partial charge in [-0.3, -0.25) is 9.48 Å². The average Bonchev–Trinajstić information content (AvgIpc) is 3.33. The number of fused-ring (bicyclic) bond motifs is 1. The number of rotatable bonds is 5. The first kappa shape index (κ1) is 17.8. The van der Waals surface area contributed by atoms with Crippen LogP contribution in [-0.4, -0.2) is 25.2 Å². The van der Waals surface area contributed by atoms with Gasteiger partial charge in [0.25, 0.3) is 5.91 Å². The van der Waals surface area contributed by atoms with E-state index in [1.165, 1.54) is 0 Å². The van der Waals surface area contributed by atoms with Crippen molar-refractivity contribution in [2.75, 3.05) is 5.32 Å². The third-order valence-electron chi connectivity index (χ3n) is 4.77. The van der Waals surface area contributed by atoms with Crippen LogP contribution >= 0.6 is 11.8 Å². The fraction of sp³-hybridized carbons (Fsp3) is 0.316. The number of nitrogens with two attached hydrogens (primary N) is 1. The van der Waals surface area contributed by atoms with Crippen LogP contribution in [0.15, 0.2) is 40.6 Å². The second-order valence-corrected chi connectivity index (χ2v) is 7.69. The van der Waals surface area contributed by atoms with Gasteiger partial charge in [-0.05, 0) is 43.5 Å². The number of aromatic nitrogens is 4. The molecule has 140 valence electrons. The summed E-state index contributed by atoms with van der Waals surface area (Å²) in [6.07, 6.45) is 5.59. The van der Waals surface area contributed by atoms with Gasteiger partial charge < -0.3 is 15.6 Å². The van der Waals surface area contributed by atoms with Crippen LogP contribution in [0.3, 0.4) is 0 Å². The van der Waals surface area contributed by atoms with Crippen LogP contribution in [0.1, 0.15) is 33.7 Å². The molecule has 1 amide bonds. The van der Waals surface area contributed by atoms with E-state index in [0.717, 1.165) is 46.4 Å². The Hall–Kier alpha value is -2.58. The maximum absolute atomic E-state index is 12.9. The Morgan fingerprint density at radius 1 is 1.41 bits per heavy atom. The minimum absolute atomic E-state index is 0.133. The van der Waals surface area contributed by atoms with Crippen molar-refractivity contribution in [1.82, 2.24) is 19.3 Å². The van der Waals surface area contributed by atoms with Gasteiger partial charge in [0.15, 0.2) is 5.16 Å². The highest BCUT2D eigenvalue weighted by Gasteiger charge is 2.26. The lowest BCUT2D eigenvalue weighted by Gasteiger charge is -2.11. The van der Waals surface area contributed by atoms with Gasteiger partial charge in [0.2, 0.25) is 0 Å². The fourth-order valence-corrected chi connectivity index (χ4v) is 4.27. The topological polar surface area (TPSA) is 90.8 Å². The molecule has 0 bridgehead atoms. The zero-order chi connectivity index (χ0) is 19.0. The Balaban J connectivity index is 1.55. The standard InChI is InChI=1S/C19H22N6OS/c1-12-10-13(27-19-21-7-9-24(19)2)5-6-14(12)22-18(26)17-15(11-20)23-25-8-3-4-16(17)25/h5-7,9-10H,3-4,8,11,20H2,1-2H3,(H,22,26). The first-order valence-corrected chi connectivity index (χ1v) is 9.74. The zero-order valence-electron chi connectivity index (χ0n) is 15.4. The molecule has 0 saturated heterocycles. The molecule has 1 aliphatic heterocycles. The van der Waals surface area contributed by atoms with Crippen molar-refractivity contribution < 1.29 is 4.79 Å². The third kappa shape index (κ3) is 3.38. The monoisotopic (exact) mass is 382 g/mol. The van der Waals surface area contributed by atoms with E-state index in [9.17, 15) is 4.79 Å². The summed E-state index contributed by atoms with van der Waals surface area (Å²) in [7, 11) is 1.97. The number of amides is 1. The Kier molecular flexibility index (Phi) is 4.75. The largest absolute Gasteiger partial charge is 0.329 e. The van der Waals surface area contributed by atoms with E-state index in [0.29, 0.717) is 11.3 Å². The molecule has 7 nitrogen and oxygen atoms in total. The first-order valence-electron chi connectivity index (χ1n) is 8.92. The third-order valence-corrected chi connectivity index (χ3v) is 5.83. The van der Waals surface area contributed by atoms with Crippen LogP contribution in [0.25, 0.3) is 0 Å². The number of benzene rings is 1. The van der Waals surface area contributed by atoms with Crippen LogP contribution in [0.4, 0.5) is 5.69 Å². The zero-order valence-corrected chi connectivity index (χ0v) is 16.2. The maximum atomic E-state index is 12.9. The molecule has 8 heteroatoms. The number of anilines is 1. The number of nitrogens with zero attached hydrogens (tertiary/aromatic N) is 4. The molecular formula is C19H22N6OS. The second-order valence-electron chi connectivity index (χ2n) is 6.65. The van der Waals surface area contributed by atoms with Crippen LogP contribution in [0.2, 0.25) is 0 Å². The minimum atomic E-state index is -0.133. The second kappa shape index (κ2) is 7.21. The molecule has 0 fully saturated rings. The Labute approximate surface area is 162 Å². The van der Waals surface area contributed by atoms with E-state index in [4.69, 9.17) is 5.73 Å². The molecule has 3 N–H and O–H groups in total. The molecule has 3 aromatic rings. The highest BCUT2D eigenvalue weighted by molar-refractivity contribution is 7.99. The number of hydrogen-bond acceptors (Lipinski definition) is 5. The lowest BCUT2D eigenvalue weighted by Crippen LogP contribution is -2.17. The minimum Gasteiger partial charge on any atom is -0.329 e. The lowest BCUT2D eigenvalue weighted by molar-refractivity contribution is 0.102. The summed E-state index contributed by atoms with van der Waals surface area (Å²) in [4.78, 5) is 18.3. The highest BCUT2D eigenvalue weighted by Crippen LogP contribution is 2.30. The molecule has 0 saturated carbocycles. The van der Waals surface area contributed by atoms with Gasteiger partial charge in [-0.25, -0.2) is 4.98 Å². The van der Waals surface area contributed by atoms with Crippen molar-refractivity contribution in [3.63, 3.8) is 0 Å². The van der Waals surface area contributed by atoms with Gasteiger partial charge in [-0.1, -0.05) is 11.8 Å². The van der Waals surface area contributed by atoms with Gasteiger partial charge in [0.1, 0.15) is 0 Å². The molecule has 0 radical (unpaired) electrons. The number of carbonyl (C=O) groups excluding carboxylic acids is 1. The molecule has 27 heavy (non-hydrogen) atoms. The molecular weight excluding hydrogens is 360 g/mol. The van der Waals surface area contributed by atoms with Crippen molar-refractivity contribution >= 4 is 23.4 Å². The summed E-state index contributed by atoms with van der Waals surface area (Å²) in [6, 6.07) is 5.99. The molecule has 4 rings (SSSR count). The van der Waals surface area contributed by atoms with E-state index < -0.39 is 0 Å². The van der Waals surface area contributed by atoms with Crippen molar-refractivity contribution in [3.05, 3.63) is 53.1 Å². The van der Waals surface area contributed by atoms with Crippen molar-refractivity contribution in [3.8, 4) is 0 Å². The van der Waals surface area contributed by atoms with Crippen molar-refractivity contribution in [1.29, 1.82) is 0 Å². The van der Waals surface area contributed by atoms with E-state index in [2.05, 4.69) is 21.5 Å². The van der Waals surface area contributed by atoms with Crippen molar-refractivity contribution in [2.45, 2.75) is 42.9 Å². The molecule has 3 heterocycles. The number of hydrogen-bond donors (Lipinski definition) is 2. The Morgan fingerprint density at radius 2 is 2.26 bits per heavy atom.